The molecule has 4 atom stereocenters. The van der Waals surface area contributed by atoms with Crippen LogP contribution in [0.3, 0.4) is 0 Å². The number of nitrogens with two attached hydrogens (primary N) is 3. The monoisotopic (exact) mass is 528 g/mol. The zero-order valence-corrected chi connectivity index (χ0v) is 21.0. The van der Waals surface area contributed by atoms with Crippen LogP contribution in [0.25, 0.3) is 0 Å². The van der Waals surface area contributed by atoms with E-state index in [9.17, 15) is 29.1 Å². The van der Waals surface area contributed by atoms with E-state index in [2.05, 4.69) is 25.9 Å². The first-order valence-electron chi connectivity index (χ1n) is 11.4. The molecule has 36 heavy (non-hydrogen) atoms. The Kier molecular flexibility index (Phi) is 14.1. The summed E-state index contributed by atoms with van der Waals surface area (Å²) in [5.74, 6) is -3.72. The number of nitrogens with one attached hydrogen (secondary N) is 4. The van der Waals surface area contributed by atoms with E-state index in [1.165, 1.54) is 24.3 Å². The van der Waals surface area contributed by atoms with E-state index in [4.69, 9.17) is 17.2 Å². The fraction of sp³-hybridized carbons (Fsp3) is 0.619. The third-order valence-electron chi connectivity index (χ3n) is 5.18. The van der Waals surface area contributed by atoms with Crippen molar-refractivity contribution in [2.24, 2.45) is 17.2 Å². The maximum atomic E-state index is 13.2. The Morgan fingerprint density at radius 2 is 1.67 bits per heavy atom. The van der Waals surface area contributed by atoms with E-state index in [1.54, 1.807) is 0 Å². The summed E-state index contributed by atoms with van der Waals surface area (Å²) >= 11 is 1.54. The van der Waals surface area contributed by atoms with Gasteiger partial charge in [-0.25, -0.2) is 9.78 Å². The first-order chi connectivity index (χ1) is 17.1. The molecule has 0 radical (unpaired) electrons. The number of hydrogen-bond acceptors (Lipinski definition) is 9. The number of carboxylic acid groups (broad SMARTS) is 1. The number of carbonyl (C=O) groups excluding carboxylic acids is 4. The molecule has 15 heteroatoms. The van der Waals surface area contributed by atoms with Gasteiger partial charge in [0.2, 0.25) is 23.6 Å². The van der Waals surface area contributed by atoms with Crippen LogP contribution in [-0.2, 0) is 30.4 Å². The minimum atomic E-state index is -1.58. The van der Waals surface area contributed by atoms with Crippen LogP contribution in [0.15, 0.2) is 12.5 Å². The number of primary amides is 1. The van der Waals surface area contributed by atoms with Crippen molar-refractivity contribution in [3.8, 4) is 0 Å². The van der Waals surface area contributed by atoms with Gasteiger partial charge >= 0.3 is 5.97 Å². The van der Waals surface area contributed by atoms with Crippen molar-refractivity contribution in [2.75, 3.05) is 18.6 Å². The van der Waals surface area contributed by atoms with Gasteiger partial charge in [-0.15, -0.1) is 0 Å². The molecule has 0 aliphatic heterocycles. The molecule has 0 saturated carbocycles. The molecule has 0 aliphatic carbocycles. The largest absolute Gasteiger partial charge is 0.480 e. The molecule has 1 aromatic rings. The second-order valence-electron chi connectivity index (χ2n) is 8.15. The SMILES string of the molecule is CSCCC(N)C(=O)NC(CCCCN)C(=O)NC(Cc1cnc[nH]1)C(=O)NC(CC(N)=O)C(=O)O. The summed E-state index contributed by atoms with van der Waals surface area (Å²) in [6.45, 7) is 0.400. The van der Waals surface area contributed by atoms with Gasteiger partial charge in [-0.1, -0.05) is 0 Å². The van der Waals surface area contributed by atoms with E-state index in [0.29, 0.717) is 37.3 Å². The smallest absolute Gasteiger partial charge is 0.326 e. The molecule has 1 aromatic heterocycles. The van der Waals surface area contributed by atoms with Gasteiger partial charge in [0.05, 0.1) is 18.8 Å². The molecule has 4 unspecified atom stereocenters. The normalized spacial score (nSPS) is 14.2. The van der Waals surface area contributed by atoms with Crippen LogP contribution >= 0.6 is 11.8 Å². The maximum absolute atomic E-state index is 13.2. The van der Waals surface area contributed by atoms with E-state index in [0.717, 1.165) is 0 Å². The van der Waals surface area contributed by atoms with Crippen molar-refractivity contribution in [1.82, 2.24) is 25.9 Å². The Bertz CT molecular complexity index is 869. The predicted octanol–water partition coefficient (Wildman–Crippen LogP) is -2.42. The van der Waals surface area contributed by atoms with Crippen LogP contribution in [0.5, 0.6) is 0 Å². The summed E-state index contributed by atoms with van der Waals surface area (Å²) in [7, 11) is 0. The minimum absolute atomic E-state index is 0.0583. The van der Waals surface area contributed by atoms with Crippen LogP contribution in [0.2, 0.25) is 0 Å². The van der Waals surface area contributed by atoms with Crippen molar-refractivity contribution >= 4 is 41.4 Å². The molecule has 11 N–H and O–H groups in total. The van der Waals surface area contributed by atoms with Crippen molar-refractivity contribution in [3.63, 3.8) is 0 Å². The number of aromatic amines is 1. The summed E-state index contributed by atoms with van der Waals surface area (Å²) in [5, 5.41) is 16.7. The highest BCUT2D eigenvalue weighted by Crippen LogP contribution is 2.07. The van der Waals surface area contributed by atoms with E-state index in [-0.39, 0.29) is 12.8 Å². The van der Waals surface area contributed by atoms with Crippen LogP contribution in [0, 0.1) is 0 Å². The highest BCUT2D eigenvalue weighted by atomic mass is 32.2. The lowest BCUT2D eigenvalue weighted by atomic mass is 10.0. The number of aliphatic carboxylic acids is 1. The quantitative estimate of drug-likeness (QED) is 0.0936. The van der Waals surface area contributed by atoms with Crippen LogP contribution in [-0.4, -0.2) is 87.4 Å². The first-order valence-corrected chi connectivity index (χ1v) is 12.8. The molecule has 14 nitrogen and oxygen atoms in total. The van der Waals surface area contributed by atoms with Gasteiger partial charge in [0.15, 0.2) is 0 Å². The number of imidazole rings is 1. The number of nitrogens with zero attached hydrogens (tertiary/aromatic N) is 1. The highest BCUT2D eigenvalue weighted by Gasteiger charge is 2.31. The minimum Gasteiger partial charge on any atom is -0.480 e. The number of unbranched alkanes of at least 4 members (excludes halogenated alkanes) is 1. The average Bonchev–Trinajstić information content (AvgIpc) is 3.33. The number of rotatable bonds is 18. The van der Waals surface area contributed by atoms with Crippen LogP contribution < -0.4 is 33.2 Å². The third-order valence-corrected chi connectivity index (χ3v) is 5.83. The third kappa shape index (κ3) is 11.5. The number of aromatic nitrogens is 2. The predicted molar refractivity (Wildman–Crippen MR) is 133 cm³/mol. The molecule has 0 spiro atoms. The fourth-order valence-corrected chi connectivity index (χ4v) is 3.68. The highest BCUT2D eigenvalue weighted by molar-refractivity contribution is 7.98. The van der Waals surface area contributed by atoms with Crippen LogP contribution in [0.4, 0.5) is 0 Å². The Hall–Kier alpha value is -3.17. The van der Waals surface area contributed by atoms with E-state index >= 15 is 0 Å². The number of H-pyrrole nitrogens is 1. The van der Waals surface area contributed by atoms with Gasteiger partial charge in [0.1, 0.15) is 18.1 Å². The lowest BCUT2D eigenvalue weighted by molar-refractivity contribution is -0.143. The summed E-state index contributed by atoms with van der Waals surface area (Å²) in [4.78, 5) is 68.0. The van der Waals surface area contributed by atoms with Crippen molar-refractivity contribution in [3.05, 3.63) is 18.2 Å². The Labute approximate surface area is 213 Å². The maximum Gasteiger partial charge on any atom is 0.326 e. The van der Waals surface area contributed by atoms with E-state index < -0.39 is 60.2 Å². The summed E-state index contributed by atoms with van der Waals surface area (Å²) in [6.07, 6.45) is 5.84. The molecular formula is C21H36N8O6S. The molecule has 0 aromatic carbocycles. The van der Waals surface area contributed by atoms with Crippen molar-refractivity contribution in [2.45, 2.75) is 62.7 Å². The molecule has 0 saturated heterocycles. The average molecular weight is 529 g/mol. The fourth-order valence-electron chi connectivity index (χ4n) is 3.19. The van der Waals surface area contributed by atoms with Gasteiger partial charge in [-0.3, -0.25) is 19.2 Å². The number of amides is 4. The summed E-state index contributed by atoms with van der Waals surface area (Å²) in [5.41, 5.74) is 17.0. The summed E-state index contributed by atoms with van der Waals surface area (Å²) < 4.78 is 0. The molecule has 1 heterocycles. The second-order valence-corrected chi connectivity index (χ2v) is 9.13. The molecule has 1 rings (SSSR count). The number of carbonyl (C=O) groups is 5. The zero-order valence-electron chi connectivity index (χ0n) is 20.2. The molecular weight excluding hydrogens is 492 g/mol. The Balaban J connectivity index is 3.04. The number of carboxylic acids is 1. The lowest BCUT2D eigenvalue weighted by Crippen LogP contribution is -2.58. The topological polar surface area (TPSA) is 248 Å². The van der Waals surface area contributed by atoms with Crippen molar-refractivity contribution in [1.29, 1.82) is 0 Å². The molecule has 0 aliphatic rings. The first kappa shape index (κ1) is 30.9. The van der Waals surface area contributed by atoms with Gasteiger partial charge < -0.3 is 43.2 Å². The van der Waals surface area contributed by atoms with Gasteiger partial charge in [-0.05, 0) is 44.2 Å². The molecule has 0 fully saturated rings. The van der Waals surface area contributed by atoms with Gasteiger partial charge in [0, 0.05) is 18.3 Å². The lowest BCUT2D eigenvalue weighted by Gasteiger charge is -2.25. The molecule has 202 valence electrons. The number of thioether (sulfide) groups is 1. The molecule has 0 bridgehead atoms. The van der Waals surface area contributed by atoms with Gasteiger partial charge in [0.25, 0.3) is 0 Å². The Morgan fingerprint density at radius 1 is 1.03 bits per heavy atom. The standard InChI is InChI=1S/C21H36N8O6S/c1-36-7-5-13(23)18(31)27-14(4-2-3-6-22)19(32)28-15(8-12-10-25-11-26-12)20(33)29-16(21(34)35)9-17(24)30/h10-11,13-16H,2-9,22-23H2,1H3,(H2,24,30)(H,25,26)(H,27,31)(H,28,32)(H,29,33)(H,34,35). The van der Waals surface area contributed by atoms with E-state index in [1.807, 2.05) is 6.26 Å². The molecule has 4 amide bonds. The van der Waals surface area contributed by atoms with Crippen molar-refractivity contribution < 1.29 is 29.1 Å². The van der Waals surface area contributed by atoms with Crippen LogP contribution in [0.1, 0.15) is 37.8 Å². The van der Waals surface area contributed by atoms with Gasteiger partial charge in [-0.2, -0.15) is 11.8 Å². The number of hydrogen-bond donors (Lipinski definition) is 8. The second kappa shape index (κ2) is 16.5. The Morgan fingerprint density at radius 3 is 2.22 bits per heavy atom. The zero-order chi connectivity index (χ0) is 27.1. The summed E-state index contributed by atoms with van der Waals surface area (Å²) in [6, 6.07) is -4.63.